The fraction of sp³-hybridized carbons (Fsp3) is 0.375. The van der Waals surface area contributed by atoms with Crippen molar-refractivity contribution in [3.8, 4) is 0 Å². The molecule has 0 aromatic carbocycles. The summed E-state index contributed by atoms with van der Waals surface area (Å²) in [6, 6.07) is 0.0845. The fourth-order valence-electron chi connectivity index (χ4n) is 1.27. The van der Waals surface area contributed by atoms with Gasteiger partial charge in [0.25, 0.3) is 5.91 Å². The number of allylic oxidation sites excluding steroid dienone is 2. The van der Waals surface area contributed by atoms with Gasteiger partial charge in [-0.25, -0.2) is 0 Å². The quantitative estimate of drug-likeness (QED) is 0.542. The highest BCUT2D eigenvalue weighted by molar-refractivity contribution is 5.79. The second-order valence-electron chi connectivity index (χ2n) is 2.64. The zero-order valence-corrected chi connectivity index (χ0v) is 6.04. The van der Waals surface area contributed by atoms with E-state index in [4.69, 9.17) is 4.74 Å². The molecule has 0 saturated carbocycles. The van der Waals surface area contributed by atoms with Crippen LogP contribution in [0.25, 0.3) is 0 Å². The van der Waals surface area contributed by atoms with Gasteiger partial charge in [-0.3, -0.25) is 4.79 Å². The molecule has 11 heavy (non-hydrogen) atoms. The van der Waals surface area contributed by atoms with Crippen LogP contribution in [0.1, 0.15) is 6.42 Å². The van der Waals surface area contributed by atoms with Crippen molar-refractivity contribution in [1.29, 1.82) is 0 Å². The molecule has 1 N–H and O–H groups in total. The van der Waals surface area contributed by atoms with Crippen molar-refractivity contribution in [2.45, 2.75) is 12.5 Å². The largest absolute Gasteiger partial charge is 0.486 e. The Balaban J connectivity index is 2.16. The molecule has 1 heterocycles. The number of hydrogen-bond acceptors (Lipinski definition) is 2. The Morgan fingerprint density at radius 3 is 3.45 bits per heavy atom. The van der Waals surface area contributed by atoms with E-state index in [0.29, 0.717) is 0 Å². The molecule has 1 unspecified atom stereocenters. The Hall–Kier alpha value is -1.25. The zero-order valence-electron chi connectivity index (χ0n) is 6.04. The Bertz CT molecular complexity index is 242. The first-order chi connectivity index (χ1) is 5.36. The van der Waals surface area contributed by atoms with E-state index in [9.17, 15) is 4.79 Å². The first-order valence-corrected chi connectivity index (χ1v) is 3.65. The third-order valence-electron chi connectivity index (χ3n) is 1.82. The summed E-state index contributed by atoms with van der Waals surface area (Å²) in [7, 11) is 0. The molecule has 1 aliphatic carbocycles. The van der Waals surface area contributed by atoms with Crippen molar-refractivity contribution in [3.63, 3.8) is 0 Å². The van der Waals surface area contributed by atoms with Gasteiger partial charge in [0.15, 0.2) is 6.61 Å². The van der Waals surface area contributed by atoms with Crippen LogP contribution in [0.3, 0.4) is 0 Å². The van der Waals surface area contributed by atoms with Gasteiger partial charge in [-0.2, -0.15) is 0 Å². The van der Waals surface area contributed by atoms with Crippen LogP contribution in [0.2, 0.25) is 0 Å². The molecule has 2 aliphatic rings. The van der Waals surface area contributed by atoms with E-state index < -0.39 is 0 Å². The molecule has 1 fully saturated rings. The average molecular weight is 151 g/mol. The Morgan fingerprint density at radius 2 is 2.55 bits per heavy atom. The number of rotatable bonds is 0. The van der Waals surface area contributed by atoms with Crippen LogP contribution in [0.4, 0.5) is 0 Å². The van der Waals surface area contributed by atoms with Crippen LogP contribution in [0.15, 0.2) is 24.0 Å². The maximum atomic E-state index is 10.8. The summed E-state index contributed by atoms with van der Waals surface area (Å²) in [5.41, 5.74) is 0. The maximum Gasteiger partial charge on any atom is 0.258 e. The number of carbonyl (C=O) groups excluding carboxylic acids is 1. The molecule has 1 amide bonds. The van der Waals surface area contributed by atoms with Crippen LogP contribution in [-0.4, -0.2) is 18.6 Å². The van der Waals surface area contributed by atoms with Crippen molar-refractivity contribution in [1.82, 2.24) is 5.32 Å². The van der Waals surface area contributed by atoms with Crippen LogP contribution in [0, 0.1) is 0 Å². The van der Waals surface area contributed by atoms with E-state index in [1.54, 1.807) is 0 Å². The van der Waals surface area contributed by atoms with E-state index in [0.717, 1.165) is 12.2 Å². The lowest BCUT2D eigenvalue weighted by atomic mass is 10.1. The Labute approximate surface area is 64.7 Å². The minimum absolute atomic E-state index is 0.0255. The molecule has 0 radical (unpaired) electrons. The highest BCUT2D eigenvalue weighted by Gasteiger charge is 2.24. The molecule has 0 bridgehead atoms. The van der Waals surface area contributed by atoms with Crippen molar-refractivity contribution in [2.24, 2.45) is 0 Å². The van der Waals surface area contributed by atoms with Crippen molar-refractivity contribution >= 4 is 5.91 Å². The monoisotopic (exact) mass is 151 g/mol. The number of fused-ring (bicyclic) bond motifs is 1. The second kappa shape index (κ2) is 2.42. The predicted octanol–water partition coefficient (Wildman–Crippen LogP) is 0.345. The van der Waals surface area contributed by atoms with Crippen LogP contribution in [-0.2, 0) is 9.53 Å². The molecular weight excluding hydrogens is 142 g/mol. The number of nitrogens with one attached hydrogen (secondary N) is 1. The first-order valence-electron chi connectivity index (χ1n) is 3.65. The third-order valence-corrected chi connectivity index (χ3v) is 1.82. The van der Waals surface area contributed by atoms with Gasteiger partial charge in [0.2, 0.25) is 0 Å². The van der Waals surface area contributed by atoms with Gasteiger partial charge >= 0.3 is 0 Å². The van der Waals surface area contributed by atoms with Gasteiger partial charge in [-0.15, -0.1) is 0 Å². The minimum atomic E-state index is -0.0255. The molecule has 0 spiro atoms. The Kier molecular flexibility index (Phi) is 1.42. The highest BCUT2D eigenvalue weighted by atomic mass is 16.5. The van der Waals surface area contributed by atoms with Crippen molar-refractivity contribution < 1.29 is 9.53 Å². The lowest BCUT2D eigenvalue weighted by molar-refractivity contribution is -0.128. The van der Waals surface area contributed by atoms with Crippen LogP contribution in [0.5, 0.6) is 0 Å². The molecule has 1 atom stereocenters. The first kappa shape index (κ1) is 6.46. The second-order valence-corrected chi connectivity index (χ2v) is 2.64. The summed E-state index contributed by atoms with van der Waals surface area (Å²) in [4.78, 5) is 10.8. The van der Waals surface area contributed by atoms with E-state index in [1.807, 2.05) is 18.2 Å². The number of ether oxygens (including phenoxy) is 1. The fourth-order valence-corrected chi connectivity index (χ4v) is 1.27. The SMILES string of the molecule is O=C1COC2=CC=CCC2N1. The van der Waals surface area contributed by atoms with E-state index >= 15 is 0 Å². The van der Waals surface area contributed by atoms with Gasteiger partial charge in [0, 0.05) is 0 Å². The summed E-state index contributed by atoms with van der Waals surface area (Å²) < 4.78 is 5.19. The maximum absolute atomic E-state index is 10.8. The van der Waals surface area contributed by atoms with E-state index in [2.05, 4.69) is 5.32 Å². The molecule has 2 rings (SSSR count). The summed E-state index contributed by atoms with van der Waals surface area (Å²) >= 11 is 0. The molecule has 0 aromatic rings. The van der Waals surface area contributed by atoms with Crippen LogP contribution >= 0.6 is 0 Å². The molecule has 1 saturated heterocycles. The summed E-state index contributed by atoms with van der Waals surface area (Å²) in [5, 5.41) is 2.83. The van der Waals surface area contributed by atoms with Crippen LogP contribution < -0.4 is 5.32 Å². The number of morpholine rings is 1. The van der Waals surface area contributed by atoms with Gasteiger partial charge in [0.05, 0.1) is 6.04 Å². The normalized spacial score (nSPS) is 28.2. The van der Waals surface area contributed by atoms with Gasteiger partial charge in [0.1, 0.15) is 5.76 Å². The van der Waals surface area contributed by atoms with Gasteiger partial charge in [-0.05, 0) is 12.5 Å². The van der Waals surface area contributed by atoms with Gasteiger partial charge < -0.3 is 10.1 Å². The van der Waals surface area contributed by atoms with E-state index in [-0.39, 0.29) is 18.6 Å². The summed E-state index contributed by atoms with van der Waals surface area (Å²) in [6.07, 6.45) is 6.71. The predicted molar refractivity (Wildman–Crippen MR) is 39.7 cm³/mol. The number of carbonyl (C=O) groups is 1. The average Bonchev–Trinajstić information content (AvgIpc) is 2.04. The minimum Gasteiger partial charge on any atom is -0.486 e. The molecule has 0 aromatic heterocycles. The highest BCUT2D eigenvalue weighted by Crippen LogP contribution is 2.16. The topological polar surface area (TPSA) is 38.3 Å². The molecule has 3 nitrogen and oxygen atoms in total. The molecule has 3 heteroatoms. The number of hydrogen-bond donors (Lipinski definition) is 1. The molecule has 58 valence electrons. The summed E-state index contributed by atoms with van der Waals surface area (Å²) in [6.45, 7) is 0.163. The molecule has 1 aliphatic heterocycles. The standard InChI is InChI=1S/C8H9NO2/c10-8-5-11-7-4-2-1-3-6(7)9-8/h1-2,4,6H,3,5H2,(H,9,10). The van der Waals surface area contributed by atoms with Crippen molar-refractivity contribution in [2.75, 3.05) is 6.61 Å². The molecular formula is C8H9NO2. The third kappa shape index (κ3) is 1.13. The number of amides is 1. The Morgan fingerprint density at radius 1 is 1.64 bits per heavy atom. The van der Waals surface area contributed by atoms with E-state index in [1.165, 1.54) is 0 Å². The smallest absolute Gasteiger partial charge is 0.258 e. The summed E-state index contributed by atoms with van der Waals surface area (Å²) in [5.74, 6) is 0.856. The zero-order chi connectivity index (χ0) is 7.68. The van der Waals surface area contributed by atoms with Gasteiger partial charge in [-0.1, -0.05) is 12.2 Å². The van der Waals surface area contributed by atoms with Crippen molar-refractivity contribution in [3.05, 3.63) is 24.0 Å². The lowest BCUT2D eigenvalue weighted by Crippen LogP contribution is -2.44. The lowest BCUT2D eigenvalue weighted by Gasteiger charge is -2.27.